The van der Waals surface area contributed by atoms with Gasteiger partial charge in [-0.25, -0.2) is 9.97 Å². The van der Waals surface area contributed by atoms with Crippen LogP contribution in [0, 0.1) is 0 Å². The van der Waals surface area contributed by atoms with E-state index in [1.54, 1.807) is 20.5 Å². The molecule has 0 saturated heterocycles. The van der Waals surface area contributed by atoms with Crippen LogP contribution in [-0.2, 0) is 13.0 Å². The van der Waals surface area contributed by atoms with Crippen LogP contribution in [0.15, 0.2) is 24.7 Å². The maximum Gasteiger partial charge on any atom is 0.165 e. The Balaban J connectivity index is 1.85. The SMILES string of the molecule is COc1cc2cc(c1OC)CN(C(C)C)CN(C)CCCc1c[nH]c3ncnc(c13)N2. The van der Waals surface area contributed by atoms with E-state index in [-0.39, 0.29) is 0 Å². The highest BCUT2D eigenvalue weighted by Crippen LogP contribution is 2.37. The second-order valence-corrected chi connectivity index (χ2v) is 8.42. The third-order valence-corrected chi connectivity index (χ3v) is 5.88. The highest BCUT2D eigenvalue weighted by Gasteiger charge is 2.20. The summed E-state index contributed by atoms with van der Waals surface area (Å²) < 4.78 is 11.4. The Hall–Kier alpha value is -2.84. The molecule has 3 heterocycles. The van der Waals surface area contributed by atoms with Crippen LogP contribution in [0.25, 0.3) is 11.0 Å². The number of nitrogens with one attached hydrogen (secondary N) is 2. The number of nitrogens with zero attached hydrogens (tertiary/aromatic N) is 4. The molecule has 0 saturated carbocycles. The standard InChI is InChI=1S/C23H32N6O2/c1-15(2)29-12-17-9-18(10-19(30-4)21(17)31-5)27-23-20-16(7-6-8-28(3)14-29)11-24-22(20)25-13-26-23/h9-11,13,15H,6-8,12,14H2,1-5H3,(H2,24,25,26,27). The van der Waals surface area contributed by atoms with Crippen molar-refractivity contribution < 1.29 is 9.47 Å². The van der Waals surface area contributed by atoms with Crippen LogP contribution in [0.2, 0.25) is 0 Å². The summed E-state index contributed by atoms with van der Waals surface area (Å²) >= 11 is 0. The van der Waals surface area contributed by atoms with Gasteiger partial charge in [0.05, 0.1) is 26.3 Å². The number of fused-ring (bicyclic) bond motifs is 2. The van der Waals surface area contributed by atoms with E-state index in [9.17, 15) is 0 Å². The first-order valence-electron chi connectivity index (χ1n) is 10.8. The van der Waals surface area contributed by atoms with Crippen LogP contribution in [0.3, 0.4) is 0 Å². The van der Waals surface area contributed by atoms with Crippen molar-refractivity contribution in [3.8, 4) is 11.5 Å². The highest BCUT2D eigenvalue weighted by molar-refractivity contribution is 5.92. The summed E-state index contributed by atoms with van der Waals surface area (Å²) in [5.41, 5.74) is 4.06. The van der Waals surface area contributed by atoms with Crippen molar-refractivity contribution in [1.82, 2.24) is 24.8 Å². The number of rotatable bonds is 3. The number of hydrogen-bond donors (Lipinski definition) is 2. The molecule has 0 unspecified atom stereocenters. The van der Waals surface area contributed by atoms with Crippen LogP contribution < -0.4 is 14.8 Å². The molecule has 2 aromatic heterocycles. The quantitative estimate of drug-likeness (QED) is 0.663. The largest absolute Gasteiger partial charge is 0.493 e. The van der Waals surface area contributed by atoms with Crippen molar-refractivity contribution in [3.63, 3.8) is 0 Å². The molecule has 0 atom stereocenters. The minimum absolute atomic E-state index is 0.389. The maximum absolute atomic E-state index is 5.75. The lowest BCUT2D eigenvalue weighted by Crippen LogP contribution is -2.40. The Morgan fingerprint density at radius 3 is 2.68 bits per heavy atom. The van der Waals surface area contributed by atoms with Gasteiger partial charge in [-0.2, -0.15) is 0 Å². The fraction of sp³-hybridized carbons (Fsp3) is 0.478. The van der Waals surface area contributed by atoms with Crippen molar-refractivity contribution in [2.75, 3.05) is 39.8 Å². The molecule has 8 nitrogen and oxygen atoms in total. The molecule has 31 heavy (non-hydrogen) atoms. The summed E-state index contributed by atoms with van der Waals surface area (Å²) in [5, 5.41) is 4.55. The van der Waals surface area contributed by atoms with E-state index in [4.69, 9.17) is 9.47 Å². The Bertz CT molecular complexity index is 1050. The van der Waals surface area contributed by atoms with Crippen molar-refractivity contribution in [2.24, 2.45) is 0 Å². The molecule has 0 radical (unpaired) electrons. The first-order chi connectivity index (χ1) is 15.0. The lowest BCUT2D eigenvalue weighted by molar-refractivity contribution is 0.115. The molecule has 166 valence electrons. The number of hydrogen-bond acceptors (Lipinski definition) is 7. The van der Waals surface area contributed by atoms with Gasteiger partial charge >= 0.3 is 0 Å². The lowest BCUT2D eigenvalue weighted by atomic mass is 10.1. The van der Waals surface area contributed by atoms with Crippen molar-refractivity contribution in [3.05, 3.63) is 35.8 Å². The van der Waals surface area contributed by atoms with Gasteiger partial charge in [-0.15, -0.1) is 0 Å². The number of anilines is 2. The minimum Gasteiger partial charge on any atom is -0.493 e. The van der Waals surface area contributed by atoms with Crippen molar-refractivity contribution >= 4 is 22.5 Å². The van der Waals surface area contributed by atoms with Gasteiger partial charge in [-0.3, -0.25) is 9.80 Å². The van der Waals surface area contributed by atoms with E-state index in [0.29, 0.717) is 11.8 Å². The Morgan fingerprint density at radius 2 is 1.94 bits per heavy atom. The van der Waals surface area contributed by atoms with Gasteiger partial charge in [0.2, 0.25) is 0 Å². The fourth-order valence-corrected chi connectivity index (χ4v) is 4.22. The zero-order valence-electron chi connectivity index (χ0n) is 19.0. The second-order valence-electron chi connectivity index (χ2n) is 8.42. The molecule has 2 N–H and O–H groups in total. The number of aromatic nitrogens is 3. The summed E-state index contributed by atoms with van der Waals surface area (Å²) in [6, 6.07) is 4.48. The number of aryl methyl sites for hydroxylation is 1. The number of H-pyrrole nitrogens is 1. The lowest BCUT2D eigenvalue weighted by Gasteiger charge is -2.32. The molecule has 8 heteroatoms. The Labute approximate surface area is 183 Å². The molecule has 0 spiro atoms. The van der Waals surface area contributed by atoms with Gasteiger partial charge in [0.15, 0.2) is 11.5 Å². The van der Waals surface area contributed by atoms with Gasteiger partial charge in [-0.05, 0) is 51.9 Å². The average molecular weight is 425 g/mol. The number of aromatic amines is 1. The zero-order chi connectivity index (χ0) is 22.0. The highest BCUT2D eigenvalue weighted by atomic mass is 16.5. The van der Waals surface area contributed by atoms with Crippen LogP contribution in [0.1, 0.15) is 31.4 Å². The molecule has 0 aliphatic carbocycles. The van der Waals surface area contributed by atoms with E-state index < -0.39 is 0 Å². The van der Waals surface area contributed by atoms with Crippen LogP contribution >= 0.6 is 0 Å². The van der Waals surface area contributed by atoms with Gasteiger partial charge in [-0.1, -0.05) is 0 Å². The van der Waals surface area contributed by atoms with E-state index in [2.05, 4.69) is 63.2 Å². The smallest absolute Gasteiger partial charge is 0.165 e. The molecule has 1 aliphatic rings. The molecule has 0 amide bonds. The minimum atomic E-state index is 0.389. The van der Waals surface area contributed by atoms with Gasteiger partial charge < -0.3 is 19.8 Å². The number of ether oxygens (including phenoxy) is 2. The van der Waals surface area contributed by atoms with Gasteiger partial charge in [0.1, 0.15) is 17.8 Å². The van der Waals surface area contributed by atoms with Crippen molar-refractivity contribution in [2.45, 2.75) is 39.3 Å². The van der Waals surface area contributed by atoms with Gasteiger partial charge in [0, 0.05) is 36.1 Å². The molecular weight excluding hydrogens is 392 g/mol. The summed E-state index contributed by atoms with van der Waals surface area (Å²) in [6.07, 6.45) is 5.66. The maximum atomic E-state index is 5.75. The second kappa shape index (κ2) is 9.11. The summed E-state index contributed by atoms with van der Waals surface area (Å²) in [5.74, 6) is 2.26. The van der Waals surface area contributed by atoms with E-state index in [1.807, 2.05) is 6.07 Å². The molecule has 4 rings (SSSR count). The average Bonchev–Trinajstić information content (AvgIpc) is 3.16. The van der Waals surface area contributed by atoms with Crippen LogP contribution in [0.5, 0.6) is 11.5 Å². The van der Waals surface area contributed by atoms with E-state index in [0.717, 1.165) is 66.5 Å². The Kier molecular flexibility index (Phi) is 6.29. The van der Waals surface area contributed by atoms with Crippen LogP contribution in [0.4, 0.5) is 11.5 Å². The predicted molar refractivity (Wildman–Crippen MR) is 123 cm³/mol. The fourth-order valence-electron chi connectivity index (χ4n) is 4.22. The summed E-state index contributed by atoms with van der Waals surface area (Å²) in [7, 11) is 5.55. The molecule has 3 aromatic rings. The summed E-state index contributed by atoms with van der Waals surface area (Å²) in [4.78, 5) is 17.1. The normalized spacial score (nSPS) is 16.2. The van der Waals surface area contributed by atoms with E-state index >= 15 is 0 Å². The monoisotopic (exact) mass is 424 g/mol. The third kappa shape index (κ3) is 4.45. The molecule has 0 fully saturated rings. The van der Waals surface area contributed by atoms with Crippen LogP contribution in [-0.4, -0.2) is 65.3 Å². The topological polar surface area (TPSA) is 78.5 Å². The third-order valence-electron chi connectivity index (χ3n) is 5.88. The molecule has 2 bridgehead atoms. The first-order valence-corrected chi connectivity index (χ1v) is 10.8. The van der Waals surface area contributed by atoms with Crippen molar-refractivity contribution in [1.29, 1.82) is 0 Å². The zero-order valence-corrected chi connectivity index (χ0v) is 19.0. The molecule has 1 aliphatic heterocycles. The molecular formula is C23H32N6O2. The predicted octanol–water partition coefficient (Wildman–Crippen LogP) is 3.76. The Morgan fingerprint density at radius 1 is 1.10 bits per heavy atom. The summed E-state index contributed by atoms with van der Waals surface area (Å²) in [6.45, 7) is 7.10. The number of benzene rings is 1. The van der Waals surface area contributed by atoms with E-state index in [1.165, 1.54) is 5.56 Å². The van der Waals surface area contributed by atoms with Gasteiger partial charge in [0.25, 0.3) is 0 Å². The molecule has 1 aromatic carbocycles. The first kappa shape index (κ1) is 21.4. The number of methoxy groups -OCH3 is 2.